The number of aryl methyl sites for hydroxylation is 2. The number of nitrogens with zero attached hydrogens (tertiary/aromatic N) is 1. The minimum atomic E-state index is -0.332. The number of carbonyl (C=O) groups is 2. The molecule has 1 heterocycles. The Hall–Kier alpha value is -3.47. The highest BCUT2D eigenvalue weighted by molar-refractivity contribution is 6.04. The lowest BCUT2D eigenvalue weighted by molar-refractivity contribution is 0.0945. The SMILES string of the molecule is CCc1cccc(C)c1NC(=O)c1cccc(C(=O)NCc2ccccc2)n1. The number of carbonyl (C=O) groups excluding carboxylic acids is 2. The van der Waals surface area contributed by atoms with E-state index in [9.17, 15) is 9.59 Å². The lowest BCUT2D eigenvalue weighted by Gasteiger charge is -2.13. The quantitative estimate of drug-likeness (QED) is 0.682. The molecule has 1 aromatic heterocycles. The Balaban J connectivity index is 1.72. The van der Waals surface area contributed by atoms with Crippen molar-refractivity contribution in [3.05, 3.63) is 94.8 Å². The summed E-state index contributed by atoms with van der Waals surface area (Å²) in [6.07, 6.45) is 0.812. The number of benzene rings is 2. The molecule has 2 amide bonds. The molecule has 0 spiro atoms. The van der Waals surface area contributed by atoms with Crippen molar-refractivity contribution in [3.63, 3.8) is 0 Å². The van der Waals surface area contributed by atoms with Crippen LogP contribution in [0.15, 0.2) is 66.7 Å². The highest BCUT2D eigenvalue weighted by Crippen LogP contribution is 2.21. The number of aromatic nitrogens is 1. The van der Waals surface area contributed by atoms with E-state index in [-0.39, 0.29) is 23.2 Å². The molecular formula is C23H23N3O2. The molecule has 0 aliphatic carbocycles. The second-order valence-corrected chi connectivity index (χ2v) is 6.49. The Morgan fingerprint density at radius 2 is 1.54 bits per heavy atom. The maximum Gasteiger partial charge on any atom is 0.274 e. The third-order valence-corrected chi connectivity index (χ3v) is 4.49. The average Bonchev–Trinajstić information content (AvgIpc) is 2.74. The van der Waals surface area contributed by atoms with Gasteiger partial charge in [-0.3, -0.25) is 9.59 Å². The molecule has 2 N–H and O–H groups in total. The van der Waals surface area contributed by atoms with Gasteiger partial charge in [-0.1, -0.05) is 61.5 Å². The molecule has 0 saturated carbocycles. The summed E-state index contributed by atoms with van der Waals surface area (Å²) in [5.41, 5.74) is 4.27. The van der Waals surface area contributed by atoms with Crippen molar-refractivity contribution < 1.29 is 9.59 Å². The molecule has 3 aromatic rings. The number of amides is 2. The molecule has 142 valence electrons. The van der Waals surface area contributed by atoms with E-state index in [1.54, 1.807) is 18.2 Å². The van der Waals surface area contributed by atoms with Crippen LogP contribution in [-0.4, -0.2) is 16.8 Å². The van der Waals surface area contributed by atoms with Crippen molar-refractivity contribution in [1.82, 2.24) is 10.3 Å². The maximum atomic E-state index is 12.7. The van der Waals surface area contributed by atoms with Crippen LogP contribution in [-0.2, 0) is 13.0 Å². The number of anilines is 1. The molecule has 28 heavy (non-hydrogen) atoms. The van der Waals surface area contributed by atoms with E-state index < -0.39 is 0 Å². The first-order valence-corrected chi connectivity index (χ1v) is 9.27. The Morgan fingerprint density at radius 3 is 2.25 bits per heavy atom. The van der Waals surface area contributed by atoms with E-state index in [1.165, 1.54) is 0 Å². The van der Waals surface area contributed by atoms with Crippen LogP contribution in [0.25, 0.3) is 0 Å². The first-order valence-electron chi connectivity index (χ1n) is 9.27. The fourth-order valence-electron chi connectivity index (χ4n) is 2.94. The minimum Gasteiger partial charge on any atom is -0.347 e. The highest BCUT2D eigenvalue weighted by atomic mass is 16.2. The molecule has 0 fully saturated rings. The van der Waals surface area contributed by atoms with Gasteiger partial charge in [0.15, 0.2) is 0 Å². The summed E-state index contributed by atoms with van der Waals surface area (Å²) in [5, 5.41) is 5.76. The van der Waals surface area contributed by atoms with Crippen LogP contribution in [0.2, 0.25) is 0 Å². The Labute approximate surface area is 164 Å². The van der Waals surface area contributed by atoms with Crippen molar-refractivity contribution in [1.29, 1.82) is 0 Å². The van der Waals surface area contributed by atoms with Crippen molar-refractivity contribution in [2.24, 2.45) is 0 Å². The molecule has 0 unspecified atom stereocenters. The van der Waals surface area contributed by atoms with Gasteiger partial charge in [-0.05, 0) is 42.2 Å². The van der Waals surface area contributed by atoms with Crippen LogP contribution in [0.5, 0.6) is 0 Å². The van der Waals surface area contributed by atoms with Crippen molar-refractivity contribution in [3.8, 4) is 0 Å². The van der Waals surface area contributed by atoms with E-state index >= 15 is 0 Å². The topological polar surface area (TPSA) is 71.1 Å². The number of nitrogens with one attached hydrogen (secondary N) is 2. The summed E-state index contributed by atoms with van der Waals surface area (Å²) in [4.78, 5) is 29.3. The van der Waals surface area contributed by atoms with Gasteiger partial charge in [0.05, 0.1) is 0 Å². The number of rotatable bonds is 6. The molecule has 3 rings (SSSR count). The second-order valence-electron chi connectivity index (χ2n) is 6.49. The molecule has 5 heteroatoms. The third-order valence-electron chi connectivity index (χ3n) is 4.49. The zero-order valence-corrected chi connectivity index (χ0v) is 16.0. The first kappa shape index (κ1) is 19.3. The van der Waals surface area contributed by atoms with Gasteiger partial charge in [0.25, 0.3) is 11.8 Å². The summed E-state index contributed by atoms with van der Waals surface area (Å²) in [5.74, 6) is -0.648. The summed E-state index contributed by atoms with van der Waals surface area (Å²) < 4.78 is 0. The van der Waals surface area contributed by atoms with Gasteiger partial charge >= 0.3 is 0 Å². The molecule has 0 radical (unpaired) electrons. The zero-order chi connectivity index (χ0) is 19.9. The predicted molar refractivity (Wildman–Crippen MR) is 110 cm³/mol. The largest absolute Gasteiger partial charge is 0.347 e. The Kier molecular flexibility index (Phi) is 6.17. The summed E-state index contributed by atoms with van der Waals surface area (Å²) in [6, 6.07) is 20.4. The van der Waals surface area contributed by atoms with Crippen LogP contribution < -0.4 is 10.6 Å². The summed E-state index contributed by atoms with van der Waals surface area (Å²) in [6.45, 7) is 4.40. The number of pyridine rings is 1. The number of hydrogen-bond acceptors (Lipinski definition) is 3. The lowest BCUT2D eigenvalue weighted by Crippen LogP contribution is -2.25. The van der Waals surface area contributed by atoms with Gasteiger partial charge in [-0.15, -0.1) is 0 Å². The van der Waals surface area contributed by atoms with Gasteiger partial charge < -0.3 is 10.6 Å². The molecule has 0 aliphatic rings. The Bertz CT molecular complexity index is 984. The zero-order valence-electron chi connectivity index (χ0n) is 16.0. The molecule has 5 nitrogen and oxygen atoms in total. The monoisotopic (exact) mass is 373 g/mol. The molecule has 0 aliphatic heterocycles. The average molecular weight is 373 g/mol. The summed E-state index contributed by atoms with van der Waals surface area (Å²) in [7, 11) is 0. The standard InChI is InChI=1S/C23H23N3O2/c1-3-18-12-7-9-16(2)21(18)26-23(28)20-14-8-13-19(25-20)22(27)24-15-17-10-5-4-6-11-17/h4-14H,3,15H2,1-2H3,(H,24,27)(H,26,28). The van der Waals surface area contributed by atoms with E-state index in [0.717, 1.165) is 28.8 Å². The van der Waals surface area contributed by atoms with Crippen LogP contribution in [0.1, 0.15) is 44.6 Å². The molecule has 2 aromatic carbocycles. The second kappa shape index (κ2) is 8.95. The van der Waals surface area contributed by atoms with Crippen LogP contribution in [0.4, 0.5) is 5.69 Å². The predicted octanol–water partition coefficient (Wildman–Crippen LogP) is 4.13. The van der Waals surface area contributed by atoms with Gasteiger partial charge in [-0.25, -0.2) is 4.98 Å². The number of para-hydroxylation sites is 1. The molecule has 0 saturated heterocycles. The van der Waals surface area contributed by atoms with E-state index in [4.69, 9.17) is 0 Å². The molecule has 0 atom stereocenters. The highest BCUT2D eigenvalue weighted by Gasteiger charge is 2.14. The minimum absolute atomic E-state index is 0.206. The Morgan fingerprint density at radius 1 is 0.857 bits per heavy atom. The van der Waals surface area contributed by atoms with Crippen molar-refractivity contribution in [2.45, 2.75) is 26.8 Å². The van der Waals surface area contributed by atoms with Gasteiger partial charge in [0.2, 0.25) is 0 Å². The van der Waals surface area contributed by atoms with Crippen molar-refractivity contribution in [2.75, 3.05) is 5.32 Å². The van der Waals surface area contributed by atoms with E-state index in [0.29, 0.717) is 6.54 Å². The van der Waals surface area contributed by atoms with E-state index in [2.05, 4.69) is 15.6 Å². The normalized spacial score (nSPS) is 10.4. The summed E-state index contributed by atoms with van der Waals surface area (Å²) >= 11 is 0. The van der Waals surface area contributed by atoms with Crippen LogP contribution in [0, 0.1) is 6.92 Å². The van der Waals surface area contributed by atoms with Crippen molar-refractivity contribution >= 4 is 17.5 Å². The fourth-order valence-corrected chi connectivity index (χ4v) is 2.94. The van der Waals surface area contributed by atoms with Gasteiger partial charge in [0.1, 0.15) is 11.4 Å². The first-order chi connectivity index (χ1) is 13.6. The third kappa shape index (κ3) is 4.62. The van der Waals surface area contributed by atoms with Crippen LogP contribution in [0.3, 0.4) is 0 Å². The fraction of sp³-hybridized carbons (Fsp3) is 0.174. The maximum absolute atomic E-state index is 12.7. The van der Waals surface area contributed by atoms with E-state index in [1.807, 2.05) is 62.4 Å². The molecule has 0 bridgehead atoms. The lowest BCUT2D eigenvalue weighted by atomic mass is 10.1. The smallest absolute Gasteiger partial charge is 0.274 e. The molecular weight excluding hydrogens is 350 g/mol. The van der Waals surface area contributed by atoms with Crippen LogP contribution >= 0.6 is 0 Å². The van der Waals surface area contributed by atoms with Gasteiger partial charge in [0, 0.05) is 12.2 Å². The number of hydrogen-bond donors (Lipinski definition) is 2. The van der Waals surface area contributed by atoms with Gasteiger partial charge in [-0.2, -0.15) is 0 Å².